The van der Waals surface area contributed by atoms with Gasteiger partial charge in [0.1, 0.15) is 0 Å². The lowest BCUT2D eigenvalue weighted by molar-refractivity contribution is 0.525. The lowest BCUT2D eigenvalue weighted by atomic mass is 10.1. The van der Waals surface area contributed by atoms with E-state index in [1.165, 1.54) is 36.2 Å². The maximum absolute atomic E-state index is 6.03. The number of alkyl halides is 1. The monoisotopic (exact) mass is 240 g/mol. The number of hydrogen-bond donors (Lipinski definition) is 0. The molecule has 1 heterocycles. The van der Waals surface area contributed by atoms with E-state index in [2.05, 4.69) is 18.5 Å². The molecular weight excluding hydrogens is 220 g/mol. The molecule has 3 heteroatoms. The van der Waals surface area contributed by atoms with Crippen molar-refractivity contribution in [3.63, 3.8) is 0 Å². The third-order valence-corrected chi connectivity index (χ3v) is 3.77. The summed E-state index contributed by atoms with van der Waals surface area (Å²) in [4.78, 5) is 0. The minimum absolute atomic E-state index is 0.607. The van der Waals surface area contributed by atoms with Crippen LogP contribution < -0.4 is 0 Å². The molecule has 0 N–H and O–H groups in total. The van der Waals surface area contributed by atoms with Crippen LogP contribution in [0.4, 0.5) is 0 Å². The molecule has 2 nitrogen and oxygen atoms in total. The van der Waals surface area contributed by atoms with Crippen molar-refractivity contribution in [2.24, 2.45) is 5.92 Å². The summed E-state index contributed by atoms with van der Waals surface area (Å²) in [6.45, 7) is 5.43. The van der Waals surface area contributed by atoms with Crippen molar-refractivity contribution in [2.45, 2.75) is 58.4 Å². The van der Waals surface area contributed by atoms with Gasteiger partial charge in [-0.3, -0.25) is 4.68 Å². The van der Waals surface area contributed by atoms with E-state index in [1.807, 2.05) is 0 Å². The highest BCUT2D eigenvalue weighted by atomic mass is 35.5. The molecule has 1 aromatic heterocycles. The van der Waals surface area contributed by atoms with Crippen molar-refractivity contribution in [1.82, 2.24) is 9.78 Å². The first-order valence-corrected chi connectivity index (χ1v) is 6.96. The molecule has 1 aliphatic rings. The summed E-state index contributed by atoms with van der Waals surface area (Å²) in [7, 11) is 0. The first-order valence-electron chi connectivity index (χ1n) is 6.43. The normalized spacial score (nSPS) is 15.7. The number of aryl methyl sites for hydroxylation is 2. The van der Waals surface area contributed by atoms with Crippen LogP contribution in [0.5, 0.6) is 0 Å². The van der Waals surface area contributed by atoms with Crippen LogP contribution >= 0.6 is 11.6 Å². The molecule has 90 valence electrons. The highest BCUT2D eigenvalue weighted by Crippen LogP contribution is 2.33. The molecule has 1 fully saturated rings. The predicted molar refractivity (Wildman–Crippen MR) is 67.9 cm³/mol. The molecule has 0 aromatic carbocycles. The Kier molecular flexibility index (Phi) is 3.91. The quantitative estimate of drug-likeness (QED) is 0.696. The Morgan fingerprint density at radius 3 is 2.56 bits per heavy atom. The van der Waals surface area contributed by atoms with Gasteiger partial charge >= 0.3 is 0 Å². The van der Waals surface area contributed by atoms with Crippen LogP contribution in [0.15, 0.2) is 0 Å². The van der Waals surface area contributed by atoms with Gasteiger partial charge in [0.2, 0.25) is 0 Å². The van der Waals surface area contributed by atoms with Crippen molar-refractivity contribution < 1.29 is 0 Å². The lowest BCUT2D eigenvalue weighted by Gasteiger charge is -2.06. The third kappa shape index (κ3) is 2.42. The minimum Gasteiger partial charge on any atom is -0.269 e. The lowest BCUT2D eigenvalue weighted by Crippen LogP contribution is -2.06. The van der Waals surface area contributed by atoms with Crippen LogP contribution in [0.1, 0.15) is 50.1 Å². The smallest absolute Gasteiger partial charge is 0.0668 e. The van der Waals surface area contributed by atoms with E-state index in [0.717, 1.165) is 25.3 Å². The third-order valence-electron chi connectivity index (χ3n) is 3.50. The van der Waals surface area contributed by atoms with Crippen LogP contribution in [-0.2, 0) is 25.3 Å². The molecule has 1 saturated carbocycles. The van der Waals surface area contributed by atoms with Gasteiger partial charge in [0, 0.05) is 17.8 Å². The first-order chi connectivity index (χ1) is 7.80. The number of nitrogens with zero attached hydrogens (tertiary/aromatic N) is 2. The van der Waals surface area contributed by atoms with Crippen molar-refractivity contribution in [1.29, 1.82) is 0 Å². The van der Waals surface area contributed by atoms with Gasteiger partial charge < -0.3 is 0 Å². The Labute approximate surface area is 103 Å². The van der Waals surface area contributed by atoms with Gasteiger partial charge in [-0.15, -0.1) is 11.6 Å². The maximum Gasteiger partial charge on any atom is 0.0668 e. The molecule has 0 radical (unpaired) electrons. The zero-order valence-corrected chi connectivity index (χ0v) is 11.1. The second-order valence-electron chi connectivity index (χ2n) is 4.67. The zero-order valence-electron chi connectivity index (χ0n) is 10.3. The largest absolute Gasteiger partial charge is 0.269 e. The fourth-order valence-corrected chi connectivity index (χ4v) is 2.63. The highest BCUT2D eigenvalue weighted by molar-refractivity contribution is 6.17. The van der Waals surface area contributed by atoms with Gasteiger partial charge in [0.05, 0.1) is 11.6 Å². The number of hydrogen-bond acceptors (Lipinski definition) is 1. The molecule has 0 aliphatic heterocycles. The van der Waals surface area contributed by atoms with Crippen molar-refractivity contribution in [3.05, 3.63) is 17.0 Å². The average Bonchev–Trinajstić information content (AvgIpc) is 3.06. The minimum atomic E-state index is 0.607. The Hall–Kier alpha value is -0.500. The van der Waals surface area contributed by atoms with Crippen LogP contribution in [-0.4, -0.2) is 9.78 Å². The Morgan fingerprint density at radius 2 is 2.06 bits per heavy atom. The molecule has 1 aromatic rings. The Bertz CT molecular complexity index is 353. The summed E-state index contributed by atoms with van der Waals surface area (Å²) < 4.78 is 2.20. The van der Waals surface area contributed by atoms with E-state index >= 15 is 0 Å². The molecule has 0 saturated heterocycles. The molecule has 16 heavy (non-hydrogen) atoms. The average molecular weight is 241 g/mol. The SMILES string of the molecule is CCc1nn(CCC2CC2)c(CC)c1CCl. The first kappa shape index (κ1) is 12.0. The van der Waals surface area contributed by atoms with Gasteiger partial charge in [-0.1, -0.05) is 26.7 Å². The maximum atomic E-state index is 6.03. The summed E-state index contributed by atoms with van der Waals surface area (Å²) in [6, 6.07) is 0. The van der Waals surface area contributed by atoms with Crippen molar-refractivity contribution in [2.75, 3.05) is 0 Å². The summed E-state index contributed by atoms with van der Waals surface area (Å²) in [6.07, 6.45) is 6.17. The van der Waals surface area contributed by atoms with E-state index in [0.29, 0.717) is 5.88 Å². The molecule has 0 spiro atoms. The zero-order chi connectivity index (χ0) is 11.5. The van der Waals surface area contributed by atoms with E-state index in [4.69, 9.17) is 16.7 Å². The Morgan fingerprint density at radius 1 is 1.31 bits per heavy atom. The van der Waals surface area contributed by atoms with Crippen molar-refractivity contribution >= 4 is 11.6 Å². The standard InChI is InChI=1S/C13H21ClN2/c1-3-12-11(9-14)13(4-2)16(15-12)8-7-10-5-6-10/h10H,3-9H2,1-2H3. The van der Waals surface area contributed by atoms with Gasteiger partial charge in [-0.2, -0.15) is 5.10 Å². The van der Waals surface area contributed by atoms with Gasteiger partial charge in [-0.05, 0) is 25.2 Å². The van der Waals surface area contributed by atoms with E-state index in [9.17, 15) is 0 Å². The predicted octanol–water partition coefficient (Wildman–Crippen LogP) is 3.55. The molecule has 0 bridgehead atoms. The van der Waals surface area contributed by atoms with E-state index in [1.54, 1.807) is 0 Å². The topological polar surface area (TPSA) is 17.8 Å². The fourth-order valence-electron chi connectivity index (χ4n) is 2.32. The van der Waals surface area contributed by atoms with Gasteiger partial charge in [0.15, 0.2) is 0 Å². The van der Waals surface area contributed by atoms with E-state index < -0.39 is 0 Å². The molecule has 0 amide bonds. The van der Waals surface area contributed by atoms with Crippen LogP contribution in [0.3, 0.4) is 0 Å². The molecule has 0 atom stereocenters. The summed E-state index contributed by atoms with van der Waals surface area (Å²) in [5.74, 6) is 1.58. The summed E-state index contributed by atoms with van der Waals surface area (Å²) >= 11 is 6.03. The van der Waals surface area contributed by atoms with Gasteiger partial charge in [-0.25, -0.2) is 0 Å². The number of rotatable bonds is 6. The van der Waals surface area contributed by atoms with Gasteiger partial charge in [0.25, 0.3) is 0 Å². The number of halogens is 1. The molecule has 2 rings (SSSR count). The summed E-state index contributed by atoms with van der Waals surface area (Å²) in [5.41, 5.74) is 3.83. The second-order valence-corrected chi connectivity index (χ2v) is 4.94. The van der Waals surface area contributed by atoms with Crippen LogP contribution in [0, 0.1) is 5.92 Å². The summed E-state index contributed by atoms with van der Waals surface area (Å²) in [5, 5.41) is 4.70. The molecular formula is C13H21ClN2. The van der Waals surface area contributed by atoms with Crippen molar-refractivity contribution in [3.8, 4) is 0 Å². The van der Waals surface area contributed by atoms with Crippen LogP contribution in [0.2, 0.25) is 0 Å². The highest BCUT2D eigenvalue weighted by Gasteiger charge is 2.22. The Balaban J connectivity index is 2.16. The number of aromatic nitrogens is 2. The van der Waals surface area contributed by atoms with E-state index in [-0.39, 0.29) is 0 Å². The molecule has 0 unspecified atom stereocenters. The second kappa shape index (κ2) is 5.22. The van der Waals surface area contributed by atoms with Crippen LogP contribution in [0.25, 0.3) is 0 Å². The fraction of sp³-hybridized carbons (Fsp3) is 0.769. The molecule has 1 aliphatic carbocycles.